The van der Waals surface area contributed by atoms with E-state index in [-0.39, 0.29) is 5.97 Å². The van der Waals surface area contributed by atoms with Crippen LogP contribution in [0, 0.1) is 16.2 Å². The molecule has 3 aliphatic heterocycles. The van der Waals surface area contributed by atoms with Gasteiger partial charge < -0.3 is 33.2 Å². The van der Waals surface area contributed by atoms with Gasteiger partial charge in [-0.05, 0) is 64.7 Å². The first kappa shape index (κ1) is 49.4. The van der Waals surface area contributed by atoms with E-state index in [1.54, 1.807) is 6.92 Å². The van der Waals surface area contributed by atoms with E-state index in [0.29, 0.717) is 21.8 Å². The Morgan fingerprint density at radius 1 is 0.426 bits per heavy atom. The Kier molecular flexibility index (Phi) is 18.6. The second-order valence-corrected chi connectivity index (χ2v) is 22.3. The van der Waals surface area contributed by atoms with Crippen molar-refractivity contribution in [1.29, 1.82) is 0 Å². The molecule has 0 aromatic carbocycles. The van der Waals surface area contributed by atoms with Crippen LogP contribution >= 0.6 is 0 Å². The average molecular weight is 857 g/mol. The van der Waals surface area contributed by atoms with Crippen molar-refractivity contribution in [2.45, 2.75) is 243 Å². The zero-order valence-corrected chi connectivity index (χ0v) is 40.1. The predicted octanol–water partition coefficient (Wildman–Crippen LogP) is 13.0. The van der Waals surface area contributed by atoms with E-state index in [4.69, 9.17) is 33.2 Å². The van der Waals surface area contributed by atoms with E-state index in [2.05, 4.69) is 27.4 Å². The van der Waals surface area contributed by atoms with Gasteiger partial charge in [0.1, 0.15) is 5.60 Å². The maximum Gasteiger partial charge on any atom is 0.333 e. The highest BCUT2D eigenvalue weighted by Crippen LogP contribution is 2.65. The third kappa shape index (κ3) is 13.5. The molecule has 4 saturated carbocycles. The molecule has 7 aliphatic rings. The molecular weight excluding hydrogens is 765 g/mol. The molecule has 0 atom stereocenters. The summed E-state index contributed by atoms with van der Waals surface area (Å²) in [6.45, 7) is 20.6. The molecule has 0 amide bonds. The molecule has 7 rings (SSSR count). The Morgan fingerprint density at radius 2 is 0.705 bits per heavy atom. The van der Waals surface area contributed by atoms with Crippen molar-refractivity contribution in [3.8, 4) is 0 Å². The number of carbonyl (C=O) groups is 1. The van der Waals surface area contributed by atoms with Crippen LogP contribution in [0.25, 0.3) is 0 Å². The molecule has 61 heavy (non-hydrogen) atoms. The average Bonchev–Trinajstić information content (AvgIpc) is 3.17. The van der Waals surface area contributed by atoms with Gasteiger partial charge in [-0.3, -0.25) is 0 Å². The van der Waals surface area contributed by atoms with Gasteiger partial charge in [-0.1, -0.05) is 124 Å². The Morgan fingerprint density at radius 3 is 0.967 bits per heavy atom. The van der Waals surface area contributed by atoms with Crippen LogP contribution in [0.5, 0.6) is 0 Å². The summed E-state index contributed by atoms with van der Waals surface area (Å²) in [6.07, 6.45) is 34.5. The van der Waals surface area contributed by atoms with Gasteiger partial charge in [0.05, 0.1) is 56.4 Å². The molecule has 0 radical (unpaired) electrons. The van der Waals surface area contributed by atoms with Gasteiger partial charge in [0.2, 0.25) is 0 Å². The van der Waals surface area contributed by atoms with Crippen LogP contribution in [0.1, 0.15) is 220 Å². The SMILES string of the molecule is C=C(C)C(=O)OC12CC3(OCCCCCCC4(CCCC)COC4)CC(OCCCCCCC4(CCCC)COC4)(CC(OCCCCCCC4(CCCC)COC4)(C3)C1)C2. The highest BCUT2D eigenvalue weighted by atomic mass is 16.6. The summed E-state index contributed by atoms with van der Waals surface area (Å²) in [7, 11) is 0. The van der Waals surface area contributed by atoms with E-state index < -0.39 is 22.4 Å². The smallest absolute Gasteiger partial charge is 0.333 e. The Balaban J connectivity index is 1.05. The number of ether oxygens (including phenoxy) is 7. The molecule has 7 fully saturated rings. The number of esters is 1. The van der Waals surface area contributed by atoms with Crippen LogP contribution in [0.3, 0.4) is 0 Å². The van der Waals surface area contributed by atoms with Crippen LogP contribution in [-0.4, -0.2) is 87.8 Å². The van der Waals surface area contributed by atoms with Gasteiger partial charge in [0, 0.05) is 80.2 Å². The Hall–Kier alpha value is -1.03. The highest BCUT2D eigenvalue weighted by Gasteiger charge is 2.72. The molecule has 0 aromatic rings. The number of unbranched alkanes of at least 4 members (excludes halogenated alkanes) is 12. The van der Waals surface area contributed by atoms with Gasteiger partial charge in [0.25, 0.3) is 0 Å². The van der Waals surface area contributed by atoms with Crippen LogP contribution < -0.4 is 0 Å². The van der Waals surface area contributed by atoms with Crippen molar-refractivity contribution in [3.05, 3.63) is 12.2 Å². The fourth-order valence-corrected chi connectivity index (χ4v) is 12.9. The summed E-state index contributed by atoms with van der Waals surface area (Å²) in [6, 6.07) is 0. The maximum atomic E-state index is 13.4. The molecule has 8 heteroatoms. The molecule has 3 saturated heterocycles. The summed E-state index contributed by atoms with van der Waals surface area (Å²) in [5.74, 6) is -0.293. The minimum Gasteiger partial charge on any atom is -0.455 e. The lowest BCUT2D eigenvalue weighted by Gasteiger charge is -2.68. The van der Waals surface area contributed by atoms with Gasteiger partial charge >= 0.3 is 5.97 Å². The Labute approximate surface area is 373 Å². The fraction of sp³-hybridized carbons (Fsp3) is 0.943. The van der Waals surface area contributed by atoms with Crippen molar-refractivity contribution in [2.24, 2.45) is 16.2 Å². The van der Waals surface area contributed by atoms with E-state index in [1.807, 2.05) is 0 Å². The molecule has 352 valence electrons. The van der Waals surface area contributed by atoms with Crippen LogP contribution in [0.4, 0.5) is 0 Å². The molecule has 0 unspecified atom stereocenters. The molecule has 0 aromatic heterocycles. The monoisotopic (exact) mass is 857 g/mol. The number of carbonyl (C=O) groups excluding carboxylic acids is 1. The largest absolute Gasteiger partial charge is 0.455 e. The lowest BCUT2D eigenvalue weighted by Crippen LogP contribution is -2.74. The van der Waals surface area contributed by atoms with Crippen molar-refractivity contribution in [3.63, 3.8) is 0 Å². The predicted molar refractivity (Wildman–Crippen MR) is 245 cm³/mol. The van der Waals surface area contributed by atoms with Gasteiger partial charge in [-0.15, -0.1) is 0 Å². The van der Waals surface area contributed by atoms with E-state index in [1.165, 1.54) is 135 Å². The molecular formula is C53H92O8. The molecule has 4 bridgehead atoms. The molecule has 0 spiro atoms. The van der Waals surface area contributed by atoms with Gasteiger partial charge in [0.15, 0.2) is 0 Å². The normalized spacial score (nSPS) is 30.1. The van der Waals surface area contributed by atoms with E-state index >= 15 is 0 Å². The van der Waals surface area contributed by atoms with Crippen molar-refractivity contribution >= 4 is 5.97 Å². The topological polar surface area (TPSA) is 81.7 Å². The van der Waals surface area contributed by atoms with Crippen LogP contribution in [0.2, 0.25) is 0 Å². The standard InChI is InChI=1S/C53H92O8/c1-6-9-24-47(39-55-40-47)27-18-12-15-21-30-58-50-33-51(59-31-22-16-13-19-28-48(25-10-7-2)41-56-42-48)35-52(34-50,38-53(36-50,37-51)61-46(54)45(4)5)60-32-23-17-14-20-29-49(26-11-8-3)43-57-44-49/h4,6-44H2,1-3,5H3. The summed E-state index contributed by atoms with van der Waals surface area (Å²) < 4.78 is 45.0. The second kappa shape index (κ2) is 22.9. The van der Waals surface area contributed by atoms with E-state index in [0.717, 1.165) is 117 Å². The first-order chi connectivity index (χ1) is 29.5. The number of hydrogen-bond acceptors (Lipinski definition) is 8. The maximum absolute atomic E-state index is 13.4. The quantitative estimate of drug-likeness (QED) is 0.0354. The third-order valence-corrected chi connectivity index (χ3v) is 16.2. The zero-order valence-electron chi connectivity index (χ0n) is 40.1. The van der Waals surface area contributed by atoms with E-state index in [9.17, 15) is 4.79 Å². The molecule has 8 nitrogen and oxygen atoms in total. The first-order valence-corrected chi connectivity index (χ1v) is 26.0. The fourth-order valence-electron chi connectivity index (χ4n) is 12.9. The molecule has 3 heterocycles. The molecule has 4 aliphatic carbocycles. The molecule has 0 N–H and O–H groups in total. The number of rotatable bonds is 35. The van der Waals surface area contributed by atoms with Crippen LogP contribution in [-0.2, 0) is 38.0 Å². The summed E-state index contributed by atoms with van der Waals surface area (Å²) >= 11 is 0. The van der Waals surface area contributed by atoms with Crippen LogP contribution in [0.15, 0.2) is 12.2 Å². The minimum atomic E-state index is -0.669. The first-order valence-electron chi connectivity index (χ1n) is 26.0. The van der Waals surface area contributed by atoms with Gasteiger partial charge in [-0.2, -0.15) is 0 Å². The third-order valence-electron chi connectivity index (χ3n) is 16.2. The lowest BCUT2D eigenvalue weighted by atomic mass is 9.48. The number of hydrogen-bond donors (Lipinski definition) is 0. The van der Waals surface area contributed by atoms with Crippen molar-refractivity contribution < 1.29 is 38.0 Å². The minimum absolute atomic E-state index is 0.293. The zero-order chi connectivity index (χ0) is 43.2. The van der Waals surface area contributed by atoms with Gasteiger partial charge in [-0.25, -0.2) is 4.79 Å². The summed E-state index contributed by atoms with van der Waals surface area (Å²) in [4.78, 5) is 13.4. The summed E-state index contributed by atoms with van der Waals surface area (Å²) in [5.41, 5.74) is -0.168. The van der Waals surface area contributed by atoms with Crippen molar-refractivity contribution in [1.82, 2.24) is 0 Å². The second-order valence-electron chi connectivity index (χ2n) is 22.3. The summed E-state index contributed by atoms with van der Waals surface area (Å²) in [5, 5.41) is 0. The lowest BCUT2D eigenvalue weighted by molar-refractivity contribution is -0.327. The Bertz CT molecular complexity index is 1190. The van der Waals surface area contributed by atoms with Crippen molar-refractivity contribution in [2.75, 3.05) is 59.5 Å². The highest BCUT2D eigenvalue weighted by molar-refractivity contribution is 5.87.